The van der Waals surface area contributed by atoms with Crippen molar-refractivity contribution in [3.63, 3.8) is 0 Å². The van der Waals surface area contributed by atoms with Gasteiger partial charge in [-0.15, -0.1) is 0 Å². The van der Waals surface area contributed by atoms with E-state index in [4.69, 9.17) is 0 Å². The molecule has 12 heavy (non-hydrogen) atoms. The average molecular weight is 277 g/mol. The Morgan fingerprint density at radius 1 is 1.08 bits per heavy atom. The van der Waals surface area contributed by atoms with Crippen LogP contribution in [0.2, 0.25) is 13.3 Å². The Balaban J connectivity index is 3.46. The van der Waals surface area contributed by atoms with Gasteiger partial charge >= 0.3 is 83.7 Å². The zero-order valence-electron chi connectivity index (χ0n) is 8.51. The Bertz CT molecular complexity index is 96.0. The van der Waals surface area contributed by atoms with Crippen LogP contribution < -0.4 is 0 Å². The van der Waals surface area contributed by atoms with E-state index >= 15 is 0 Å². The minimum absolute atomic E-state index is 0.988. The molecule has 0 spiro atoms. The number of carbonyl (C=O) groups excluding carboxylic acids is 1. The summed E-state index contributed by atoms with van der Waals surface area (Å²) in [5.41, 5.74) is 0. The SMILES string of the molecule is CCC[CH2][SnH]([CH2]C=O)[CH2]CCC. The summed E-state index contributed by atoms with van der Waals surface area (Å²) in [6.45, 7) is 4.48. The maximum atomic E-state index is 10.4. The van der Waals surface area contributed by atoms with Crippen LogP contribution in [0.25, 0.3) is 0 Å². The number of rotatable bonds is 8. The molecular formula is C10H22OSn. The van der Waals surface area contributed by atoms with E-state index in [1.165, 1.54) is 40.8 Å². The molecular weight excluding hydrogens is 255 g/mol. The predicted octanol–water partition coefficient (Wildman–Crippen LogP) is 3.01. The van der Waals surface area contributed by atoms with Crippen molar-refractivity contribution in [2.45, 2.75) is 52.8 Å². The molecule has 0 fully saturated rings. The van der Waals surface area contributed by atoms with Crippen LogP contribution in [0.5, 0.6) is 0 Å². The molecule has 0 aromatic heterocycles. The van der Waals surface area contributed by atoms with Gasteiger partial charge in [0.05, 0.1) is 0 Å². The van der Waals surface area contributed by atoms with E-state index in [-0.39, 0.29) is 0 Å². The van der Waals surface area contributed by atoms with Gasteiger partial charge in [0.15, 0.2) is 0 Å². The topological polar surface area (TPSA) is 17.1 Å². The molecule has 0 heterocycles. The summed E-state index contributed by atoms with van der Waals surface area (Å²) in [4.78, 5) is 10.4. The normalized spacial score (nSPS) is 10.6. The number of hydrogen-bond acceptors (Lipinski definition) is 1. The van der Waals surface area contributed by atoms with Crippen molar-refractivity contribution >= 4 is 26.0 Å². The predicted molar refractivity (Wildman–Crippen MR) is 57.5 cm³/mol. The van der Waals surface area contributed by atoms with Crippen LogP contribution in [-0.2, 0) is 4.79 Å². The number of unbranched alkanes of at least 4 members (excludes halogenated alkanes) is 2. The quantitative estimate of drug-likeness (QED) is 0.492. The number of aldehydes is 1. The van der Waals surface area contributed by atoms with E-state index in [1.807, 2.05) is 0 Å². The summed E-state index contributed by atoms with van der Waals surface area (Å²) < 4.78 is 3.90. The Labute approximate surface area is 83.7 Å². The molecule has 0 saturated carbocycles. The first-order valence-corrected chi connectivity index (χ1v) is 12.3. The van der Waals surface area contributed by atoms with Gasteiger partial charge in [-0.2, -0.15) is 0 Å². The van der Waals surface area contributed by atoms with E-state index in [2.05, 4.69) is 13.8 Å². The van der Waals surface area contributed by atoms with E-state index in [1.54, 1.807) is 0 Å². The summed E-state index contributed by atoms with van der Waals surface area (Å²) in [6.07, 6.45) is 6.53. The molecule has 0 atom stereocenters. The van der Waals surface area contributed by atoms with E-state index < -0.39 is 19.8 Å². The van der Waals surface area contributed by atoms with E-state index in [9.17, 15) is 4.79 Å². The van der Waals surface area contributed by atoms with Gasteiger partial charge in [-0.1, -0.05) is 0 Å². The van der Waals surface area contributed by atoms with Gasteiger partial charge in [0.1, 0.15) is 0 Å². The Morgan fingerprint density at radius 3 is 1.92 bits per heavy atom. The molecule has 0 saturated heterocycles. The van der Waals surface area contributed by atoms with Gasteiger partial charge < -0.3 is 0 Å². The molecule has 1 nitrogen and oxygen atoms in total. The zero-order valence-corrected chi connectivity index (χ0v) is 11.8. The van der Waals surface area contributed by atoms with E-state index in [0.717, 1.165) is 4.44 Å². The third kappa shape index (κ3) is 7.14. The average Bonchev–Trinajstić information content (AvgIpc) is 2.10. The van der Waals surface area contributed by atoms with Gasteiger partial charge in [-0.3, -0.25) is 0 Å². The van der Waals surface area contributed by atoms with E-state index in [0.29, 0.717) is 0 Å². The Hall–Kier alpha value is 0.469. The molecule has 0 amide bonds. The molecule has 0 bridgehead atoms. The summed E-state index contributed by atoms with van der Waals surface area (Å²) in [7, 11) is 0. The molecule has 0 rings (SSSR count). The first-order valence-electron chi connectivity index (χ1n) is 5.28. The van der Waals surface area contributed by atoms with Crippen LogP contribution in [0.15, 0.2) is 0 Å². The van der Waals surface area contributed by atoms with Crippen molar-refractivity contribution in [1.82, 2.24) is 0 Å². The third-order valence-corrected chi connectivity index (χ3v) is 11.8. The molecule has 2 heteroatoms. The fourth-order valence-electron chi connectivity index (χ4n) is 1.50. The van der Waals surface area contributed by atoms with Crippen molar-refractivity contribution < 1.29 is 4.79 Å². The van der Waals surface area contributed by atoms with Crippen molar-refractivity contribution in [2.24, 2.45) is 0 Å². The molecule has 0 aliphatic rings. The van der Waals surface area contributed by atoms with Gasteiger partial charge in [0.2, 0.25) is 0 Å². The monoisotopic (exact) mass is 278 g/mol. The number of carbonyl (C=O) groups is 1. The Morgan fingerprint density at radius 2 is 1.58 bits per heavy atom. The fourth-order valence-corrected chi connectivity index (χ4v) is 10.1. The van der Waals surface area contributed by atoms with Crippen LogP contribution in [0.4, 0.5) is 0 Å². The molecule has 0 aliphatic heterocycles. The third-order valence-electron chi connectivity index (χ3n) is 2.36. The first-order chi connectivity index (χ1) is 5.85. The second-order valence-electron chi connectivity index (χ2n) is 3.55. The summed E-state index contributed by atoms with van der Waals surface area (Å²) >= 11 is -1.31. The van der Waals surface area contributed by atoms with Gasteiger partial charge in [0.25, 0.3) is 0 Å². The maximum absolute atomic E-state index is 10.4. The van der Waals surface area contributed by atoms with Crippen molar-refractivity contribution in [3.8, 4) is 0 Å². The van der Waals surface area contributed by atoms with Gasteiger partial charge in [-0.25, -0.2) is 0 Å². The van der Waals surface area contributed by atoms with Crippen LogP contribution in [0.1, 0.15) is 39.5 Å². The minimum atomic E-state index is -1.31. The van der Waals surface area contributed by atoms with Crippen LogP contribution in [0.3, 0.4) is 0 Å². The second-order valence-corrected chi connectivity index (χ2v) is 13.1. The van der Waals surface area contributed by atoms with Crippen LogP contribution in [-0.4, -0.2) is 26.0 Å². The summed E-state index contributed by atoms with van der Waals surface area (Å²) in [5.74, 6) is 0. The van der Waals surface area contributed by atoms with Crippen molar-refractivity contribution in [1.29, 1.82) is 0 Å². The zero-order chi connectivity index (χ0) is 9.23. The Kier molecular flexibility index (Phi) is 9.93. The molecule has 0 aromatic rings. The molecule has 0 unspecified atom stereocenters. The molecule has 72 valence electrons. The molecule has 0 N–H and O–H groups in total. The summed E-state index contributed by atoms with van der Waals surface area (Å²) in [5, 5.41) is 0. The second kappa shape index (κ2) is 9.56. The van der Waals surface area contributed by atoms with Gasteiger partial charge in [-0.05, 0) is 0 Å². The molecule has 0 radical (unpaired) electrons. The molecule has 0 aliphatic carbocycles. The first kappa shape index (κ1) is 12.5. The fraction of sp³-hybridized carbons (Fsp3) is 0.900. The number of hydrogen-bond donors (Lipinski definition) is 0. The molecule has 0 aromatic carbocycles. The van der Waals surface area contributed by atoms with Crippen molar-refractivity contribution in [2.75, 3.05) is 0 Å². The van der Waals surface area contributed by atoms with Gasteiger partial charge in [0, 0.05) is 0 Å². The van der Waals surface area contributed by atoms with Crippen LogP contribution >= 0.6 is 0 Å². The van der Waals surface area contributed by atoms with Crippen molar-refractivity contribution in [3.05, 3.63) is 0 Å². The standard InChI is InChI=1S/2C4H9.C2H3O.Sn.H/c2*1-3-4-2;1-2-3;;/h2*1,3-4H2,2H3;2H,1H2;;. The van der Waals surface area contributed by atoms with Crippen LogP contribution in [0, 0.1) is 0 Å². The summed E-state index contributed by atoms with van der Waals surface area (Å²) in [6, 6.07) is 0.